The molecule has 1 fully saturated rings. The van der Waals surface area contributed by atoms with Crippen molar-refractivity contribution in [2.24, 2.45) is 0 Å². The minimum atomic E-state index is -0.214. The fraction of sp³-hybridized carbons (Fsp3) is 0.429. The van der Waals surface area contributed by atoms with Crippen molar-refractivity contribution in [2.75, 3.05) is 13.1 Å². The van der Waals surface area contributed by atoms with E-state index in [-0.39, 0.29) is 11.7 Å². The summed E-state index contributed by atoms with van der Waals surface area (Å²) in [4.78, 5) is 17.8. The highest BCUT2D eigenvalue weighted by Gasteiger charge is 2.24. The predicted octanol–water partition coefficient (Wildman–Crippen LogP) is 3.16. The molecule has 1 aromatic carbocycles. The van der Waals surface area contributed by atoms with Gasteiger partial charge in [-0.15, -0.1) is 11.3 Å². The molecule has 1 amide bonds. The molecule has 0 saturated carbocycles. The number of hydrogen-bond donors (Lipinski definition) is 0. The number of rotatable bonds is 1. The first-order valence-corrected chi connectivity index (χ1v) is 7.26. The first-order valence-electron chi connectivity index (χ1n) is 6.45. The molecule has 0 bridgehead atoms. The van der Waals surface area contributed by atoms with Crippen LogP contribution < -0.4 is 0 Å². The van der Waals surface area contributed by atoms with Gasteiger partial charge >= 0.3 is 0 Å². The van der Waals surface area contributed by atoms with E-state index in [1.54, 1.807) is 30.4 Å². The van der Waals surface area contributed by atoms with Gasteiger partial charge in [0, 0.05) is 25.9 Å². The number of amides is 1. The molecular weight excluding hydrogens is 263 g/mol. The third-order valence-electron chi connectivity index (χ3n) is 3.66. The van der Waals surface area contributed by atoms with Crippen LogP contribution in [0, 0.1) is 5.82 Å². The summed E-state index contributed by atoms with van der Waals surface area (Å²) in [7, 11) is 0. The maximum absolute atomic E-state index is 13.2. The molecule has 5 heteroatoms. The van der Waals surface area contributed by atoms with E-state index >= 15 is 0 Å². The van der Waals surface area contributed by atoms with Crippen LogP contribution >= 0.6 is 11.3 Å². The van der Waals surface area contributed by atoms with Gasteiger partial charge in [0.15, 0.2) is 0 Å². The molecule has 2 heterocycles. The van der Waals surface area contributed by atoms with Crippen LogP contribution in [0.25, 0.3) is 10.2 Å². The van der Waals surface area contributed by atoms with Gasteiger partial charge < -0.3 is 4.90 Å². The van der Waals surface area contributed by atoms with Crippen LogP contribution in [0.15, 0.2) is 18.2 Å². The van der Waals surface area contributed by atoms with Crippen molar-refractivity contribution in [3.8, 4) is 0 Å². The Balaban J connectivity index is 1.80. The zero-order valence-electron chi connectivity index (χ0n) is 10.7. The Morgan fingerprint density at radius 1 is 1.42 bits per heavy atom. The van der Waals surface area contributed by atoms with Crippen molar-refractivity contribution in [1.82, 2.24) is 9.88 Å². The highest BCUT2D eigenvalue weighted by Crippen LogP contribution is 2.34. The quantitative estimate of drug-likeness (QED) is 0.802. The lowest BCUT2D eigenvalue weighted by molar-refractivity contribution is -0.129. The van der Waals surface area contributed by atoms with Gasteiger partial charge in [-0.1, -0.05) is 0 Å². The Morgan fingerprint density at radius 3 is 2.84 bits per heavy atom. The second-order valence-electron chi connectivity index (χ2n) is 4.94. The number of piperidine rings is 1. The first kappa shape index (κ1) is 12.5. The normalized spacial score (nSPS) is 17.1. The zero-order valence-corrected chi connectivity index (χ0v) is 11.5. The number of halogens is 1. The molecule has 0 aliphatic carbocycles. The van der Waals surface area contributed by atoms with Crippen molar-refractivity contribution < 1.29 is 9.18 Å². The summed E-state index contributed by atoms with van der Waals surface area (Å²) < 4.78 is 14.1. The Morgan fingerprint density at radius 2 is 2.16 bits per heavy atom. The van der Waals surface area contributed by atoms with Crippen LogP contribution in [0.3, 0.4) is 0 Å². The second-order valence-corrected chi connectivity index (χ2v) is 6.01. The maximum atomic E-state index is 13.2. The van der Waals surface area contributed by atoms with Crippen LogP contribution in [0.1, 0.15) is 30.7 Å². The van der Waals surface area contributed by atoms with Crippen LogP contribution in [-0.4, -0.2) is 28.9 Å². The van der Waals surface area contributed by atoms with Gasteiger partial charge in [-0.3, -0.25) is 4.79 Å². The van der Waals surface area contributed by atoms with E-state index in [0.717, 1.165) is 41.2 Å². The molecule has 1 aliphatic rings. The Bertz CT molecular complexity index is 617. The average Bonchev–Trinajstić information content (AvgIpc) is 2.81. The maximum Gasteiger partial charge on any atom is 0.219 e. The Kier molecular flexibility index (Phi) is 3.22. The largest absolute Gasteiger partial charge is 0.343 e. The zero-order chi connectivity index (χ0) is 13.4. The van der Waals surface area contributed by atoms with Gasteiger partial charge in [-0.2, -0.15) is 0 Å². The van der Waals surface area contributed by atoms with Crippen molar-refractivity contribution in [2.45, 2.75) is 25.7 Å². The van der Waals surface area contributed by atoms with Gasteiger partial charge in [0.2, 0.25) is 5.91 Å². The molecular formula is C14H15FN2OS. The summed E-state index contributed by atoms with van der Waals surface area (Å²) in [5, 5.41) is 1.07. The van der Waals surface area contributed by atoms with Crippen LogP contribution in [0.2, 0.25) is 0 Å². The predicted molar refractivity (Wildman–Crippen MR) is 73.8 cm³/mol. The number of benzene rings is 1. The van der Waals surface area contributed by atoms with E-state index in [9.17, 15) is 9.18 Å². The van der Waals surface area contributed by atoms with E-state index in [1.165, 1.54) is 6.07 Å². The van der Waals surface area contributed by atoms with E-state index in [0.29, 0.717) is 5.92 Å². The molecule has 0 spiro atoms. The fourth-order valence-corrected chi connectivity index (χ4v) is 3.69. The Labute approximate surface area is 115 Å². The van der Waals surface area contributed by atoms with E-state index in [4.69, 9.17) is 0 Å². The Hall–Kier alpha value is -1.49. The highest BCUT2D eigenvalue weighted by atomic mass is 32.1. The SMILES string of the molecule is CC(=O)N1CCC(c2nc3ccc(F)cc3s2)CC1. The lowest BCUT2D eigenvalue weighted by Gasteiger charge is -2.30. The first-order chi connectivity index (χ1) is 9.13. The summed E-state index contributed by atoms with van der Waals surface area (Å²) in [6.45, 7) is 3.20. The molecule has 19 heavy (non-hydrogen) atoms. The van der Waals surface area contributed by atoms with Gasteiger partial charge in [0.1, 0.15) is 5.82 Å². The van der Waals surface area contributed by atoms with Crippen LogP contribution in [-0.2, 0) is 4.79 Å². The number of carbonyl (C=O) groups is 1. The smallest absolute Gasteiger partial charge is 0.219 e. The molecule has 1 aromatic heterocycles. The molecule has 0 unspecified atom stereocenters. The topological polar surface area (TPSA) is 33.2 Å². The number of fused-ring (bicyclic) bond motifs is 1. The van der Waals surface area contributed by atoms with Gasteiger partial charge in [0.25, 0.3) is 0 Å². The third-order valence-corrected chi connectivity index (χ3v) is 4.84. The number of thiazole rings is 1. The number of nitrogens with zero attached hydrogens (tertiary/aromatic N) is 2. The molecule has 0 atom stereocenters. The standard InChI is InChI=1S/C14H15FN2OS/c1-9(18)17-6-4-10(5-7-17)14-16-12-3-2-11(15)8-13(12)19-14/h2-3,8,10H,4-7H2,1H3. The third kappa shape index (κ3) is 2.47. The lowest BCUT2D eigenvalue weighted by Crippen LogP contribution is -2.36. The molecule has 1 aliphatic heterocycles. The summed E-state index contributed by atoms with van der Waals surface area (Å²) in [5.74, 6) is 0.329. The van der Waals surface area contributed by atoms with Gasteiger partial charge in [-0.25, -0.2) is 9.37 Å². The minimum absolute atomic E-state index is 0.143. The number of aromatic nitrogens is 1. The summed E-state index contributed by atoms with van der Waals surface area (Å²) in [6.07, 6.45) is 1.89. The fourth-order valence-electron chi connectivity index (χ4n) is 2.53. The van der Waals surface area contributed by atoms with Crippen LogP contribution in [0.4, 0.5) is 4.39 Å². The monoisotopic (exact) mass is 278 g/mol. The van der Waals surface area contributed by atoms with Crippen molar-refractivity contribution in [3.05, 3.63) is 29.0 Å². The number of carbonyl (C=O) groups excluding carboxylic acids is 1. The van der Waals surface area contributed by atoms with Gasteiger partial charge in [0.05, 0.1) is 15.2 Å². The van der Waals surface area contributed by atoms with E-state index < -0.39 is 0 Å². The minimum Gasteiger partial charge on any atom is -0.343 e. The van der Waals surface area contributed by atoms with Crippen molar-refractivity contribution >= 4 is 27.5 Å². The second kappa shape index (κ2) is 4.89. The molecule has 2 aromatic rings. The molecule has 3 nitrogen and oxygen atoms in total. The summed E-state index contributed by atoms with van der Waals surface area (Å²) in [5.41, 5.74) is 0.871. The summed E-state index contributed by atoms with van der Waals surface area (Å²) >= 11 is 1.57. The molecule has 3 rings (SSSR count). The molecule has 0 N–H and O–H groups in total. The highest BCUT2D eigenvalue weighted by molar-refractivity contribution is 7.18. The molecule has 100 valence electrons. The number of hydrogen-bond acceptors (Lipinski definition) is 3. The summed E-state index contributed by atoms with van der Waals surface area (Å²) in [6, 6.07) is 4.72. The lowest BCUT2D eigenvalue weighted by atomic mass is 9.97. The van der Waals surface area contributed by atoms with E-state index in [1.807, 2.05) is 4.90 Å². The molecule has 1 saturated heterocycles. The van der Waals surface area contributed by atoms with Crippen LogP contribution in [0.5, 0.6) is 0 Å². The van der Waals surface area contributed by atoms with Crippen molar-refractivity contribution in [3.63, 3.8) is 0 Å². The number of likely N-dealkylation sites (tertiary alicyclic amines) is 1. The van der Waals surface area contributed by atoms with E-state index in [2.05, 4.69) is 4.98 Å². The average molecular weight is 278 g/mol. The molecule has 0 radical (unpaired) electrons. The van der Waals surface area contributed by atoms with Gasteiger partial charge in [-0.05, 0) is 31.0 Å². The van der Waals surface area contributed by atoms with Crippen molar-refractivity contribution in [1.29, 1.82) is 0 Å².